The summed E-state index contributed by atoms with van der Waals surface area (Å²) < 4.78 is 28.9. The van der Waals surface area contributed by atoms with Crippen molar-refractivity contribution in [3.8, 4) is 5.69 Å². The van der Waals surface area contributed by atoms with E-state index >= 15 is 0 Å². The number of fused-ring (bicyclic) bond motifs is 1. The van der Waals surface area contributed by atoms with E-state index < -0.39 is 17.6 Å². The molecule has 1 aliphatic heterocycles. The van der Waals surface area contributed by atoms with Crippen LogP contribution in [0.25, 0.3) is 5.69 Å². The molecule has 0 saturated heterocycles. The first-order chi connectivity index (χ1) is 13.8. The molecular weight excluding hydrogens is 376 g/mol. The fraction of sp³-hybridized carbons (Fsp3) is 0.227. The summed E-state index contributed by atoms with van der Waals surface area (Å²) in [4.78, 5) is 25.7. The van der Waals surface area contributed by atoms with Crippen molar-refractivity contribution < 1.29 is 18.4 Å². The monoisotopic (exact) mass is 395 g/mol. The summed E-state index contributed by atoms with van der Waals surface area (Å²) in [5, 5.41) is 7.04. The Morgan fingerprint density at radius 2 is 1.90 bits per heavy atom. The minimum Gasteiger partial charge on any atom is -0.310 e. The minimum atomic E-state index is -0.812. The van der Waals surface area contributed by atoms with E-state index in [0.29, 0.717) is 16.8 Å². The third-order valence-corrected chi connectivity index (χ3v) is 5.22. The maximum absolute atomic E-state index is 14.4. The van der Waals surface area contributed by atoms with Gasteiger partial charge in [0.25, 0.3) is 0 Å². The van der Waals surface area contributed by atoms with E-state index in [1.54, 1.807) is 6.92 Å². The van der Waals surface area contributed by atoms with Gasteiger partial charge in [0.15, 0.2) is 11.6 Å². The van der Waals surface area contributed by atoms with Crippen molar-refractivity contribution in [1.82, 2.24) is 9.78 Å². The Labute approximate surface area is 166 Å². The second kappa shape index (κ2) is 6.92. The molecule has 4 rings (SSSR count). The van der Waals surface area contributed by atoms with Gasteiger partial charge in [-0.3, -0.25) is 9.59 Å². The van der Waals surface area contributed by atoms with E-state index in [1.165, 1.54) is 10.7 Å². The molecule has 0 bridgehead atoms. The highest BCUT2D eigenvalue weighted by molar-refractivity contribution is 6.08. The van der Waals surface area contributed by atoms with Crippen LogP contribution in [0.15, 0.2) is 36.4 Å². The van der Waals surface area contributed by atoms with Crippen molar-refractivity contribution in [1.29, 1.82) is 0 Å². The Morgan fingerprint density at radius 1 is 1.14 bits per heavy atom. The second-order valence-electron chi connectivity index (χ2n) is 7.34. The van der Waals surface area contributed by atoms with Crippen LogP contribution in [0.5, 0.6) is 0 Å². The third kappa shape index (κ3) is 3.22. The second-order valence-corrected chi connectivity index (χ2v) is 7.34. The molecule has 1 N–H and O–H groups in total. The van der Waals surface area contributed by atoms with Gasteiger partial charge in [-0.25, -0.2) is 13.5 Å². The number of rotatable bonds is 3. The topological polar surface area (TPSA) is 64.0 Å². The molecule has 0 saturated carbocycles. The van der Waals surface area contributed by atoms with Crippen molar-refractivity contribution in [3.63, 3.8) is 0 Å². The molecule has 3 aromatic rings. The molecule has 2 heterocycles. The van der Waals surface area contributed by atoms with Gasteiger partial charge in [-0.2, -0.15) is 5.10 Å². The first-order valence-corrected chi connectivity index (χ1v) is 9.22. The number of halogens is 2. The molecule has 29 heavy (non-hydrogen) atoms. The lowest BCUT2D eigenvalue weighted by atomic mass is 9.84. The molecule has 148 valence electrons. The number of amides is 1. The summed E-state index contributed by atoms with van der Waals surface area (Å²) in [7, 11) is 0. The predicted octanol–water partition coefficient (Wildman–Crippen LogP) is 4.38. The van der Waals surface area contributed by atoms with Crippen LogP contribution in [-0.2, 0) is 4.79 Å². The third-order valence-electron chi connectivity index (χ3n) is 5.22. The largest absolute Gasteiger partial charge is 0.310 e. The number of anilines is 1. The zero-order valence-electron chi connectivity index (χ0n) is 16.2. The van der Waals surface area contributed by atoms with Crippen LogP contribution in [0, 0.1) is 32.4 Å². The molecule has 0 radical (unpaired) electrons. The highest BCUT2D eigenvalue weighted by atomic mass is 19.1. The number of nitrogens with zero attached hydrogens (tertiary/aromatic N) is 2. The van der Waals surface area contributed by atoms with Gasteiger partial charge in [0, 0.05) is 23.6 Å². The summed E-state index contributed by atoms with van der Waals surface area (Å²) in [6.07, 6.45) is -0.0162. The molecule has 1 aromatic heterocycles. The molecule has 1 atom stereocenters. The van der Waals surface area contributed by atoms with Crippen LogP contribution in [0.2, 0.25) is 0 Å². The van der Waals surface area contributed by atoms with Gasteiger partial charge in [-0.05, 0) is 44.5 Å². The van der Waals surface area contributed by atoms with Crippen LogP contribution >= 0.6 is 0 Å². The number of nitrogens with one attached hydrogen (secondary N) is 1. The van der Waals surface area contributed by atoms with Crippen LogP contribution in [0.1, 0.15) is 45.1 Å². The molecule has 0 aliphatic carbocycles. The summed E-state index contributed by atoms with van der Waals surface area (Å²) in [5.74, 6) is -2.54. The SMILES string of the molecule is Cc1ccc(C)c(C(=O)[C@H]2CC(=O)Nc3c2c(C)nn3-c2ccc(F)cc2F)c1. The molecule has 1 amide bonds. The Morgan fingerprint density at radius 3 is 2.62 bits per heavy atom. The maximum Gasteiger partial charge on any atom is 0.226 e. The van der Waals surface area contributed by atoms with Crippen LogP contribution < -0.4 is 5.32 Å². The first kappa shape index (κ1) is 19.0. The van der Waals surface area contributed by atoms with Crippen molar-refractivity contribution in [2.24, 2.45) is 0 Å². The smallest absolute Gasteiger partial charge is 0.226 e. The molecule has 2 aromatic carbocycles. The van der Waals surface area contributed by atoms with Crippen molar-refractivity contribution in [2.75, 3.05) is 5.32 Å². The number of ketones is 1. The van der Waals surface area contributed by atoms with Gasteiger partial charge in [-0.1, -0.05) is 17.7 Å². The minimum absolute atomic E-state index is 0.00381. The standard InChI is InChI=1S/C22H19F2N3O2/c1-11-4-5-12(2)15(8-11)21(29)16-10-19(28)25-22-20(16)13(3)26-27(22)18-7-6-14(23)9-17(18)24/h4-9,16H,10H2,1-3H3,(H,25,28)/t16-/m0/s1. The van der Waals surface area contributed by atoms with Crippen LogP contribution in [-0.4, -0.2) is 21.5 Å². The number of aryl methyl sites for hydroxylation is 3. The summed E-state index contributed by atoms with van der Waals surface area (Å²) in [5.41, 5.74) is 3.38. The van der Waals surface area contributed by atoms with E-state index in [-0.39, 0.29) is 29.6 Å². The van der Waals surface area contributed by atoms with Crippen LogP contribution in [0.3, 0.4) is 0 Å². The number of carbonyl (C=O) groups excluding carboxylic acids is 2. The van der Waals surface area contributed by atoms with Crippen molar-refractivity contribution in [3.05, 3.63) is 76.0 Å². The highest BCUT2D eigenvalue weighted by Gasteiger charge is 2.37. The fourth-order valence-corrected chi connectivity index (χ4v) is 3.79. The Kier molecular flexibility index (Phi) is 4.53. The van der Waals surface area contributed by atoms with E-state index in [0.717, 1.165) is 23.3 Å². The van der Waals surface area contributed by atoms with Gasteiger partial charge in [0.2, 0.25) is 5.91 Å². The zero-order chi connectivity index (χ0) is 20.9. The molecule has 0 fully saturated rings. The molecule has 0 spiro atoms. The summed E-state index contributed by atoms with van der Waals surface area (Å²) in [6.45, 7) is 5.45. The average Bonchev–Trinajstić information content (AvgIpc) is 2.98. The highest BCUT2D eigenvalue weighted by Crippen LogP contribution is 2.39. The lowest BCUT2D eigenvalue weighted by Gasteiger charge is -2.24. The number of benzene rings is 2. The number of Topliss-reactive ketones (excluding diaryl/α,β-unsaturated/α-hetero) is 1. The van der Waals surface area contributed by atoms with E-state index in [4.69, 9.17) is 0 Å². The zero-order valence-corrected chi connectivity index (χ0v) is 16.2. The van der Waals surface area contributed by atoms with Gasteiger partial charge >= 0.3 is 0 Å². The summed E-state index contributed by atoms with van der Waals surface area (Å²) >= 11 is 0. The van der Waals surface area contributed by atoms with Crippen LogP contribution in [0.4, 0.5) is 14.6 Å². The van der Waals surface area contributed by atoms with Crippen molar-refractivity contribution >= 4 is 17.5 Å². The summed E-state index contributed by atoms with van der Waals surface area (Å²) in [6, 6.07) is 8.72. The van der Waals surface area contributed by atoms with Gasteiger partial charge in [-0.15, -0.1) is 0 Å². The lowest BCUT2D eigenvalue weighted by molar-refractivity contribution is -0.116. The van der Waals surface area contributed by atoms with Gasteiger partial charge in [0.1, 0.15) is 17.3 Å². The molecule has 1 aliphatic rings. The normalized spacial score (nSPS) is 15.8. The van der Waals surface area contributed by atoms with Gasteiger partial charge < -0.3 is 5.32 Å². The average molecular weight is 395 g/mol. The quantitative estimate of drug-likeness (QED) is 0.669. The molecule has 7 heteroatoms. The maximum atomic E-state index is 14.4. The lowest BCUT2D eigenvalue weighted by Crippen LogP contribution is -2.29. The Hall–Kier alpha value is -3.35. The Bertz CT molecular complexity index is 1170. The van der Waals surface area contributed by atoms with E-state index in [1.807, 2.05) is 32.0 Å². The fourth-order valence-electron chi connectivity index (χ4n) is 3.79. The number of aromatic nitrogens is 2. The van der Waals surface area contributed by atoms with E-state index in [2.05, 4.69) is 10.4 Å². The molecular formula is C22H19F2N3O2. The molecule has 5 nitrogen and oxygen atoms in total. The predicted molar refractivity (Wildman–Crippen MR) is 104 cm³/mol. The number of hydrogen-bond acceptors (Lipinski definition) is 3. The number of carbonyl (C=O) groups is 2. The first-order valence-electron chi connectivity index (χ1n) is 9.22. The van der Waals surface area contributed by atoms with Gasteiger partial charge in [0.05, 0.1) is 11.6 Å². The van der Waals surface area contributed by atoms with E-state index in [9.17, 15) is 18.4 Å². The Balaban J connectivity index is 1.86. The number of hydrogen-bond donors (Lipinski definition) is 1. The van der Waals surface area contributed by atoms with Crippen molar-refractivity contribution in [2.45, 2.75) is 33.1 Å². The molecule has 0 unspecified atom stereocenters.